The van der Waals surface area contributed by atoms with E-state index in [-0.39, 0.29) is 16.2 Å². The normalized spacial score (nSPS) is 19.8. The molecule has 1 unspecified atom stereocenters. The van der Waals surface area contributed by atoms with Crippen LogP contribution in [0, 0.1) is 11.3 Å². The van der Waals surface area contributed by atoms with Gasteiger partial charge in [0.25, 0.3) is 0 Å². The minimum Gasteiger partial charge on any atom is -0.507 e. The van der Waals surface area contributed by atoms with Crippen molar-refractivity contribution in [2.75, 3.05) is 0 Å². The molecule has 1 aliphatic rings. The van der Waals surface area contributed by atoms with E-state index in [9.17, 15) is 5.11 Å². The highest BCUT2D eigenvalue weighted by Crippen LogP contribution is 2.62. The lowest BCUT2D eigenvalue weighted by Gasteiger charge is -2.57. The minimum absolute atomic E-state index is 0.0704. The van der Waals surface area contributed by atoms with Crippen LogP contribution in [0.1, 0.15) is 135 Å². The van der Waals surface area contributed by atoms with E-state index in [2.05, 4.69) is 75.0 Å². The van der Waals surface area contributed by atoms with Gasteiger partial charge in [0.15, 0.2) is 0 Å². The quantitative estimate of drug-likeness (QED) is 0.417. The van der Waals surface area contributed by atoms with Crippen LogP contribution in [0.2, 0.25) is 0 Å². The molecule has 1 aromatic carbocycles. The monoisotopic (exact) mass is 426 g/mol. The van der Waals surface area contributed by atoms with Gasteiger partial charge in [-0.1, -0.05) is 101 Å². The van der Waals surface area contributed by atoms with E-state index in [0.29, 0.717) is 11.7 Å². The number of rotatable bonds is 9. The van der Waals surface area contributed by atoms with Gasteiger partial charge in [-0.15, -0.1) is 0 Å². The lowest BCUT2D eigenvalue weighted by Crippen LogP contribution is -2.51. The van der Waals surface area contributed by atoms with Gasteiger partial charge in [0, 0.05) is 11.1 Å². The summed E-state index contributed by atoms with van der Waals surface area (Å²) in [4.78, 5) is 0. The summed E-state index contributed by atoms with van der Waals surface area (Å²) in [5.41, 5.74) is 6.52. The highest BCUT2D eigenvalue weighted by Gasteiger charge is 2.55. The molecule has 0 saturated carbocycles. The molecule has 1 aliphatic carbocycles. The molecular weight excluding hydrogens is 376 g/mol. The molecule has 176 valence electrons. The molecule has 0 fully saturated rings. The Morgan fingerprint density at radius 3 is 2.00 bits per heavy atom. The Balaban J connectivity index is 3.02. The standard InChI is InChI=1S/C30H50O/c1-11-16-21-20-24-22(15-5)23(17-12-2)25(28(6,7)8)27(31)26(24)29(9,10)30(21,18-13-3)19-14-4/h15,21,31H,5,11-14,16-20H2,1-4,6-10H3. The molecule has 0 spiro atoms. The van der Waals surface area contributed by atoms with Crippen molar-refractivity contribution >= 4 is 6.08 Å². The second kappa shape index (κ2) is 9.72. The number of benzene rings is 1. The van der Waals surface area contributed by atoms with Crippen molar-refractivity contribution in [2.45, 2.75) is 131 Å². The summed E-state index contributed by atoms with van der Waals surface area (Å²) in [6.45, 7) is 25.2. The van der Waals surface area contributed by atoms with Crippen molar-refractivity contribution in [1.82, 2.24) is 0 Å². The second-order valence-corrected chi connectivity index (χ2v) is 11.6. The highest BCUT2D eigenvalue weighted by molar-refractivity contribution is 5.69. The van der Waals surface area contributed by atoms with Crippen molar-refractivity contribution in [3.05, 3.63) is 34.4 Å². The predicted octanol–water partition coefficient (Wildman–Crippen LogP) is 9.12. The largest absolute Gasteiger partial charge is 0.507 e. The van der Waals surface area contributed by atoms with E-state index < -0.39 is 0 Å². The van der Waals surface area contributed by atoms with Crippen molar-refractivity contribution in [1.29, 1.82) is 0 Å². The van der Waals surface area contributed by atoms with E-state index in [1.165, 1.54) is 60.8 Å². The van der Waals surface area contributed by atoms with Gasteiger partial charge in [0.2, 0.25) is 0 Å². The van der Waals surface area contributed by atoms with E-state index >= 15 is 0 Å². The third kappa shape index (κ3) is 4.23. The first-order valence-corrected chi connectivity index (χ1v) is 13.0. The fraction of sp³-hybridized carbons (Fsp3) is 0.733. The molecule has 1 heteroatoms. The van der Waals surface area contributed by atoms with Gasteiger partial charge < -0.3 is 5.11 Å². The molecule has 2 rings (SSSR count). The summed E-state index contributed by atoms with van der Waals surface area (Å²) >= 11 is 0. The molecule has 1 nitrogen and oxygen atoms in total. The molecule has 0 bridgehead atoms. The summed E-state index contributed by atoms with van der Waals surface area (Å²) in [6, 6.07) is 0. The number of phenolic OH excluding ortho intramolecular Hbond substituents is 1. The molecule has 0 aliphatic heterocycles. The van der Waals surface area contributed by atoms with E-state index in [4.69, 9.17) is 0 Å². The van der Waals surface area contributed by atoms with Gasteiger partial charge in [-0.25, -0.2) is 0 Å². The second-order valence-electron chi connectivity index (χ2n) is 11.6. The van der Waals surface area contributed by atoms with Crippen molar-refractivity contribution in [3.63, 3.8) is 0 Å². The van der Waals surface area contributed by atoms with Crippen LogP contribution in [0.25, 0.3) is 6.08 Å². The number of hydrogen-bond donors (Lipinski definition) is 1. The number of aromatic hydroxyl groups is 1. The lowest BCUT2D eigenvalue weighted by atomic mass is 9.46. The molecule has 1 atom stereocenters. The Bertz CT molecular complexity index is 769. The Kier molecular flexibility index (Phi) is 8.15. The summed E-state index contributed by atoms with van der Waals surface area (Å²) < 4.78 is 0. The average molecular weight is 427 g/mol. The Morgan fingerprint density at radius 2 is 1.58 bits per heavy atom. The predicted molar refractivity (Wildman–Crippen MR) is 138 cm³/mol. The Labute approximate surface area is 193 Å². The Hall–Kier alpha value is -1.24. The molecule has 0 amide bonds. The zero-order chi connectivity index (χ0) is 23.6. The van der Waals surface area contributed by atoms with Crippen LogP contribution in [0.15, 0.2) is 6.58 Å². The van der Waals surface area contributed by atoms with Crippen LogP contribution in [0.4, 0.5) is 0 Å². The van der Waals surface area contributed by atoms with Crippen LogP contribution in [-0.2, 0) is 23.7 Å². The Morgan fingerprint density at radius 1 is 1.00 bits per heavy atom. The van der Waals surface area contributed by atoms with Crippen LogP contribution in [-0.4, -0.2) is 5.11 Å². The van der Waals surface area contributed by atoms with Gasteiger partial charge in [0.1, 0.15) is 5.75 Å². The van der Waals surface area contributed by atoms with E-state index in [0.717, 1.165) is 24.8 Å². The first-order chi connectivity index (χ1) is 14.5. The number of hydrogen-bond acceptors (Lipinski definition) is 1. The summed E-state index contributed by atoms with van der Waals surface area (Å²) in [5, 5.41) is 12.0. The summed E-state index contributed by atoms with van der Waals surface area (Å²) in [7, 11) is 0. The lowest BCUT2D eigenvalue weighted by molar-refractivity contribution is 0.0140. The first kappa shape index (κ1) is 26.0. The minimum atomic E-state index is -0.101. The molecule has 0 saturated heterocycles. The fourth-order valence-corrected chi connectivity index (χ4v) is 7.29. The third-order valence-electron chi connectivity index (χ3n) is 8.31. The van der Waals surface area contributed by atoms with Crippen molar-refractivity contribution in [2.24, 2.45) is 11.3 Å². The molecule has 31 heavy (non-hydrogen) atoms. The zero-order valence-corrected chi connectivity index (χ0v) is 22.2. The number of phenols is 1. The van der Waals surface area contributed by atoms with Gasteiger partial charge >= 0.3 is 0 Å². The summed E-state index contributed by atoms with van der Waals surface area (Å²) in [6.07, 6.45) is 12.6. The van der Waals surface area contributed by atoms with Crippen LogP contribution in [0.5, 0.6) is 5.75 Å². The topological polar surface area (TPSA) is 20.2 Å². The molecule has 0 heterocycles. The SMILES string of the molecule is C=Cc1c(CCC)c(C(C)(C)C)c(O)c2c1CC(CCC)C(CCC)(CCC)C2(C)C. The maximum absolute atomic E-state index is 12.0. The van der Waals surface area contributed by atoms with Gasteiger partial charge in [-0.3, -0.25) is 0 Å². The van der Waals surface area contributed by atoms with Crippen molar-refractivity contribution < 1.29 is 5.11 Å². The van der Waals surface area contributed by atoms with Gasteiger partial charge in [-0.2, -0.15) is 0 Å². The number of fused-ring (bicyclic) bond motifs is 1. The molecule has 0 radical (unpaired) electrons. The summed E-state index contributed by atoms with van der Waals surface area (Å²) in [5.74, 6) is 1.25. The van der Waals surface area contributed by atoms with Crippen LogP contribution < -0.4 is 0 Å². The molecular formula is C30H50O. The maximum Gasteiger partial charge on any atom is 0.123 e. The van der Waals surface area contributed by atoms with E-state index in [1.807, 2.05) is 0 Å². The van der Waals surface area contributed by atoms with E-state index in [1.54, 1.807) is 0 Å². The van der Waals surface area contributed by atoms with Gasteiger partial charge in [0.05, 0.1) is 0 Å². The van der Waals surface area contributed by atoms with Crippen molar-refractivity contribution in [3.8, 4) is 5.75 Å². The molecule has 1 N–H and O–H groups in total. The van der Waals surface area contributed by atoms with Gasteiger partial charge in [-0.05, 0) is 71.0 Å². The third-order valence-corrected chi connectivity index (χ3v) is 8.31. The molecule has 0 aromatic heterocycles. The van der Waals surface area contributed by atoms with Crippen LogP contribution >= 0.6 is 0 Å². The van der Waals surface area contributed by atoms with Crippen LogP contribution in [0.3, 0.4) is 0 Å². The first-order valence-electron chi connectivity index (χ1n) is 13.0. The maximum atomic E-state index is 12.0. The fourth-order valence-electron chi connectivity index (χ4n) is 7.29. The smallest absolute Gasteiger partial charge is 0.123 e. The zero-order valence-electron chi connectivity index (χ0n) is 22.2. The average Bonchev–Trinajstić information content (AvgIpc) is 2.65. The molecule has 1 aromatic rings. The highest BCUT2D eigenvalue weighted by atomic mass is 16.3.